The van der Waals surface area contributed by atoms with Crippen LogP contribution in [0.25, 0.3) is 15.2 Å². The second-order valence-electron chi connectivity index (χ2n) is 9.24. The summed E-state index contributed by atoms with van der Waals surface area (Å²) < 4.78 is 21.8. The number of thiophene rings is 1. The maximum Gasteiger partial charge on any atom is 0.332 e. The average molecular weight is 543 g/mol. The van der Waals surface area contributed by atoms with E-state index in [0.29, 0.717) is 38.6 Å². The Labute approximate surface area is 222 Å². The molecule has 12 heteroatoms. The molecule has 3 heterocycles. The Balaban J connectivity index is 1.87. The largest absolute Gasteiger partial charge is 0.496 e. The van der Waals surface area contributed by atoms with Crippen LogP contribution in [-0.4, -0.2) is 54.6 Å². The Bertz CT molecular complexity index is 1570. The van der Waals surface area contributed by atoms with Crippen LogP contribution in [0.4, 0.5) is 4.39 Å². The number of carbonyl (C=O) groups excluding carboxylic acids is 1. The molecule has 0 saturated carbocycles. The van der Waals surface area contributed by atoms with Gasteiger partial charge in [-0.15, -0.1) is 4.80 Å². The number of carbonyl (C=O) groups is 1. The smallest absolute Gasteiger partial charge is 0.332 e. The van der Waals surface area contributed by atoms with Gasteiger partial charge in [0.25, 0.3) is 5.56 Å². The number of aryl methyl sites for hydroxylation is 3. The molecule has 4 aromatic rings. The maximum atomic E-state index is 14.0. The van der Waals surface area contributed by atoms with Crippen LogP contribution >= 0.6 is 11.3 Å². The summed E-state index contributed by atoms with van der Waals surface area (Å²) in [5.74, 6) is -0.228. The number of fused-ring (bicyclic) bond motifs is 1. The van der Waals surface area contributed by atoms with E-state index in [9.17, 15) is 18.8 Å². The number of nitrogens with zero attached hydrogens (tertiary/aromatic N) is 6. The highest BCUT2D eigenvalue weighted by Crippen LogP contribution is 2.30. The van der Waals surface area contributed by atoms with Crippen molar-refractivity contribution in [1.29, 1.82) is 0 Å². The van der Waals surface area contributed by atoms with Crippen molar-refractivity contribution in [2.45, 2.75) is 59.7 Å². The lowest BCUT2D eigenvalue weighted by Crippen LogP contribution is -2.46. The van der Waals surface area contributed by atoms with Gasteiger partial charge in [0.05, 0.1) is 24.9 Å². The number of methoxy groups -OCH3 is 1. The van der Waals surface area contributed by atoms with E-state index < -0.39 is 17.1 Å². The van der Waals surface area contributed by atoms with Crippen LogP contribution in [0.2, 0.25) is 0 Å². The molecule has 0 spiro atoms. The molecule has 0 bridgehead atoms. The van der Waals surface area contributed by atoms with E-state index in [2.05, 4.69) is 10.2 Å². The zero-order valence-electron chi connectivity index (χ0n) is 22.1. The summed E-state index contributed by atoms with van der Waals surface area (Å²) >= 11 is 1.22. The fourth-order valence-corrected chi connectivity index (χ4v) is 5.78. The number of hydrogen-bond donors (Lipinski definition) is 0. The lowest BCUT2D eigenvalue weighted by Gasteiger charge is -2.26. The summed E-state index contributed by atoms with van der Waals surface area (Å²) in [5.41, 5.74) is 0.0502. The SMILES string of the molecule is CCCN(C(=O)Cn1c(=O)c2c(C)c(-n3nccn3)sc2n(CCc2cc(F)ccc2OC)c1=O)C(C)C. The lowest BCUT2D eigenvalue weighted by molar-refractivity contribution is -0.133. The van der Waals surface area contributed by atoms with Gasteiger partial charge in [-0.25, -0.2) is 9.18 Å². The van der Waals surface area contributed by atoms with E-state index in [1.54, 1.807) is 11.8 Å². The number of aromatic nitrogens is 5. The van der Waals surface area contributed by atoms with E-state index in [0.717, 1.165) is 11.0 Å². The number of halogens is 1. The van der Waals surface area contributed by atoms with Crippen molar-refractivity contribution in [3.63, 3.8) is 0 Å². The fourth-order valence-electron chi connectivity index (χ4n) is 4.54. The second kappa shape index (κ2) is 11.3. The molecule has 1 aromatic carbocycles. The minimum absolute atomic E-state index is 0.0788. The molecule has 0 unspecified atom stereocenters. The van der Waals surface area contributed by atoms with Gasteiger partial charge in [0.1, 0.15) is 27.9 Å². The number of amides is 1. The summed E-state index contributed by atoms with van der Waals surface area (Å²) in [7, 11) is 1.50. The molecule has 3 aromatic heterocycles. The van der Waals surface area contributed by atoms with E-state index in [1.165, 1.54) is 58.4 Å². The number of benzene rings is 1. The summed E-state index contributed by atoms with van der Waals surface area (Å²) in [6.07, 6.45) is 4.07. The van der Waals surface area contributed by atoms with Crippen LogP contribution in [0, 0.1) is 12.7 Å². The first-order chi connectivity index (χ1) is 18.2. The molecule has 0 saturated heterocycles. The van der Waals surface area contributed by atoms with Gasteiger partial charge < -0.3 is 9.64 Å². The van der Waals surface area contributed by atoms with Crippen molar-refractivity contribution in [3.8, 4) is 10.8 Å². The minimum Gasteiger partial charge on any atom is -0.496 e. The molecule has 0 aliphatic carbocycles. The van der Waals surface area contributed by atoms with Gasteiger partial charge in [0.15, 0.2) is 0 Å². The first-order valence-corrected chi connectivity index (χ1v) is 13.2. The summed E-state index contributed by atoms with van der Waals surface area (Å²) in [6.45, 7) is 7.82. The lowest BCUT2D eigenvalue weighted by atomic mass is 10.1. The summed E-state index contributed by atoms with van der Waals surface area (Å²) in [4.78, 5) is 44.2. The van der Waals surface area contributed by atoms with Crippen molar-refractivity contribution in [2.24, 2.45) is 0 Å². The van der Waals surface area contributed by atoms with Gasteiger partial charge in [-0.1, -0.05) is 18.3 Å². The molecule has 0 N–H and O–H groups in total. The molecule has 0 fully saturated rings. The standard InChI is InChI=1S/C26H31FN6O4S/c1-6-12-30(16(2)3)21(34)15-32-23(35)22-17(4)24(33-28-10-11-29-33)38-25(22)31(26(32)36)13-9-18-14-19(27)7-8-20(18)37-5/h7-8,10-11,14,16H,6,9,12-13,15H2,1-5H3. The molecule has 0 radical (unpaired) electrons. The molecular formula is C26H31FN6O4S. The Hall–Kier alpha value is -3.80. The molecule has 0 aliphatic rings. The van der Waals surface area contributed by atoms with E-state index in [-0.39, 0.29) is 31.5 Å². The first-order valence-electron chi connectivity index (χ1n) is 12.4. The van der Waals surface area contributed by atoms with Crippen molar-refractivity contribution < 1.29 is 13.9 Å². The highest BCUT2D eigenvalue weighted by atomic mass is 32.1. The Morgan fingerprint density at radius 3 is 2.53 bits per heavy atom. The molecule has 0 atom stereocenters. The number of ether oxygens (including phenoxy) is 1. The third-order valence-corrected chi connectivity index (χ3v) is 7.70. The van der Waals surface area contributed by atoms with E-state index in [4.69, 9.17) is 4.74 Å². The Kier molecular flexibility index (Phi) is 8.10. The second-order valence-corrected chi connectivity index (χ2v) is 10.2. The first kappa shape index (κ1) is 27.2. The summed E-state index contributed by atoms with van der Waals surface area (Å²) in [6, 6.07) is 4.13. The quantitative estimate of drug-likeness (QED) is 0.305. The zero-order chi connectivity index (χ0) is 27.6. The fraction of sp³-hybridized carbons (Fsp3) is 0.423. The van der Waals surface area contributed by atoms with E-state index >= 15 is 0 Å². The number of rotatable bonds is 10. The highest BCUT2D eigenvalue weighted by molar-refractivity contribution is 7.21. The average Bonchev–Trinajstić information content (AvgIpc) is 3.53. The van der Waals surface area contributed by atoms with Gasteiger partial charge in [-0.2, -0.15) is 10.2 Å². The van der Waals surface area contributed by atoms with Crippen molar-refractivity contribution in [3.05, 3.63) is 68.4 Å². The van der Waals surface area contributed by atoms with Crippen LogP contribution in [0.5, 0.6) is 5.75 Å². The molecule has 0 aliphatic heterocycles. The van der Waals surface area contributed by atoms with Gasteiger partial charge in [0.2, 0.25) is 5.91 Å². The van der Waals surface area contributed by atoms with E-state index in [1.807, 2.05) is 20.8 Å². The molecule has 202 valence electrons. The third-order valence-electron chi connectivity index (χ3n) is 6.42. The maximum absolute atomic E-state index is 14.0. The molecule has 4 rings (SSSR count). The van der Waals surface area contributed by atoms with Crippen LogP contribution in [0.1, 0.15) is 38.3 Å². The summed E-state index contributed by atoms with van der Waals surface area (Å²) in [5, 5.41) is 9.29. The van der Waals surface area contributed by atoms with Gasteiger partial charge in [-0.05, 0) is 57.4 Å². The monoisotopic (exact) mass is 542 g/mol. The predicted molar refractivity (Wildman–Crippen MR) is 144 cm³/mol. The minimum atomic E-state index is -0.604. The van der Waals surface area contributed by atoms with Crippen LogP contribution in [0.15, 0.2) is 40.2 Å². The van der Waals surface area contributed by atoms with Crippen molar-refractivity contribution in [1.82, 2.24) is 29.0 Å². The molecular weight excluding hydrogens is 511 g/mol. The molecule has 1 amide bonds. The van der Waals surface area contributed by atoms with Gasteiger partial charge in [-0.3, -0.25) is 18.7 Å². The highest BCUT2D eigenvalue weighted by Gasteiger charge is 2.24. The normalized spacial score (nSPS) is 11.4. The Morgan fingerprint density at radius 1 is 1.18 bits per heavy atom. The Morgan fingerprint density at radius 2 is 1.89 bits per heavy atom. The predicted octanol–water partition coefficient (Wildman–Crippen LogP) is 3.15. The zero-order valence-corrected chi connectivity index (χ0v) is 22.9. The van der Waals surface area contributed by atoms with Gasteiger partial charge in [0, 0.05) is 24.7 Å². The van der Waals surface area contributed by atoms with Crippen molar-refractivity contribution >= 4 is 27.5 Å². The third kappa shape index (κ3) is 5.13. The van der Waals surface area contributed by atoms with Crippen molar-refractivity contribution in [2.75, 3.05) is 13.7 Å². The van der Waals surface area contributed by atoms with Crippen LogP contribution in [0.3, 0.4) is 0 Å². The number of hydrogen-bond acceptors (Lipinski definition) is 7. The molecule has 10 nitrogen and oxygen atoms in total. The van der Waals surface area contributed by atoms with Crippen LogP contribution in [-0.2, 0) is 24.3 Å². The van der Waals surface area contributed by atoms with Gasteiger partial charge >= 0.3 is 5.69 Å². The van der Waals surface area contributed by atoms with Crippen LogP contribution < -0.4 is 16.0 Å². The topological polar surface area (TPSA) is 104 Å². The molecule has 38 heavy (non-hydrogen) atoms.